The van der Waals surface area contributed by atoms with Crippen molar-refractivity contribution in [1.82, 2.24) is 9.55 Å². The zero-order chi connectivity index (χ0) is 15.6. The molecule has 1 heterocycles. The van der Waals surface area contributed by atoms with E-state index in [2.05, 4.69) is 4.98 Å². The molecule has 2 rings (SSSR count). The van der Waals surface area contributed by atoms with Gasteiger partial charge in [-0.3, -0.25) is 9.78 Å². The van der Waals surface area contributed by atoms with Crippen LogP contribution in [0.15, 0.2) is 29.1 Å². The van der Waals surface area contributed by atoms with E-state index < -0.39 is 0 Å². The maximum Gasteiger partial charge on any atom is 0.252 e. The van der Waals surface area contributed by atoms with Gasteiger partial charge in [0.25, 0.3) is 5.56 Å². The minimum absolute atomic E-state index is 0.119. The molecule has 0 saturated carbocycles. The zero-order valence-electron chi connectivity index (χ0n) is 11.7. The summed E-state index contributed by atoms with van der Waals surface area (Å²) in [5, 5.41) is 0.546. The van der Waals surface area contributed by atoms with Crippen LogP contribution in [0.4, 0.5) is 0 Å². The maximum atomic E-state index is 11.8. The van der Waals surface area contributed by atoms with E-state index in [4.69, 9.17) is 34.3 Å². The van der Waals surface area contributed by atoms with E-state index in [0.29, 0.717) is 33.3 Å². The molecule has 7 heteroatoms. The zero-order valence-corrected chi connectivity index (χ0v) is 13.3. The molecule has 0 unspecified atom stereocenters. The predicted octanol–water partition coefficient (Wildman–Crippen LogP) is 2.58. The molecule has 0 spiro atoms. The molecule has 0 aliphatic rings. The Labute approximate surface area is 132 Å². The fraction of sp³-hybridized carbons (Fsp3) is 0.286. The quantitative estimate of drug-likeness (QED) is 0.847. The Morgan fingerprint density at radius 2 is 2.19 bits per heavy atom. The van der Waals surface area contributed by atoms with Crippen LogP contribution < -0.4 is 16.0 Å². The number of nitrogens with two attached hydrogens (primary N) is 1. The summed E-state index contributed by atoms with van der Waals surface area (Å²) in [4.78, 5) is 14.4. The summed E-state index contributed by atoms with van der Waals surface area (Å²) in [6, 6.07) is 6.56. The number of H-pyrrole nitrogens is 1. The molecule has 0 saturated heterocycles. The van der Waals surface area contributed by atoms with Gasteiger partial charge in [0.15, 0.2) is 4.77 Å². The molecular weight excluding hydrogens is 310 g/mol. The fourth-order valence-corrected chi connectivity index (χ4v) is 2.54. The predicted molar refractivity (Wildman–Crippen MR) is 86.5 cm³/mol. The number of halogens is 1. The van der Waals surface area contributed by atoms with Gasteiger partial charge in [-0.05, 0) is 37.3 Å². The van der Waals surface area contributed by atoms with Crippen molar-refractivity contribution in [3.63, 3.8) is 0 Å². The molecule has 3 N–H and O–H groups in total. The summed E-state index contributed by atoms with van der Waals surface area (Å²) in [6.45, 7) is 2.34. The normalized spacial score (nSPS) is 12.2. The molecule has 1 atom stereocenters. The molecule has 0 aliphatic heterocycles. The molecule has 1 aromatic heterocycles. The molecule has 5 nitrogen and oxygen atoms in total. The van der Waals surface area contributed by atoms with E-state index in [-0.39, 0.29) is 11.6 Å². The summed E-state index contributed by atoms with van der Waals surface area (Å²) in [5.41, 5.74) is 6.91. The van der Waals surface area contributed by atoms with Crippen molar-refractivity contribution in [2.75, 3.05) is 7.11 Å². The fourth-order valence-electron chi connectivity index (χ4n) is 2.09. The van der Waals surface area contributed by atoms with Crippen molar-refractivity contribution in [3.8, 4) is 17.0 Å². The number of rotatable bonds is 4. The summed E-state index contributed by atoms with van der Waals surface area (Å²) < 4.78 is 7.43. The third-order valence-corrected chi connectivity index (χ3v) is 3.50. The summed E-state index contributed by atoms with van der Waals surface area (Å²) in [5.74, 6) is 0.609. The van der Waals surface area contributed by atoms with Crippen molar-refractivity contribution in [2.45, 2.75) is 19.5 Å². The van der Waals surface area contributed by atoms with Crippen LogP contribution in [0, 0.1) is 4.77 Å². The van der Waals surface area contributed by atoms with Crippen LogP contribution in [-0.2, 0) is 6.54 Å². The van der Waals surface area contributed by atoms with Crippen LogP contribution in [0.3, 0.4) is 0 Å². The summed E-state index contributed by atoms with van der Waals surface area (Å²) in [7, 11) is 1.56. The topological polar surface area (TPSA) is 73.0 Å². The van der Waals surface area contributed by atoms with Gasteiger partial charge in [0.2, 0.25) is 0 Å². The number of hydrogen-bond donors (Lipinski definition) is 2. The van der Waals surface area contributed by atoms with Crippen LogP contribution >= 0.6 is 23.8 Å². The first-order valence-electron chi connectivity index (χ1n) is 6.36. The third kappa shape index (κ3) is 3.53. The van der Waals surface area contributed by atoms with Crippen LogP contribution in [0.25, 0.3) is 11.3 Å². The Bertz CT molecular complexity index is 768. The van der Waals surface area contributed by atoms with E-state index in [9.17, 15) is 4.79 Å². The average Bonchev–Trinajstić information content (AvgIpc) is 2.41. The van der Waals surface area contributed by atoms with E-state index in [1.165, 1.54) is 6.07 Å². The molecule has 0 radical (unpaired) electrons. The van der Waals surface area contributed by atoms with Gasteiger partial charge in [-0.15, -0.1) is 0 Å². The van der Waals surface area contributed by atoms with E-state index in [0.717, 1.165) is 0 Å². The minimum atomic E-state index is -0.280. The number of aromatic nitrogens is 2. The number of ether oxygens (including phenoxy) is 1. The Morgan fingerprint density at radius 3 is 2.81 bits per heavy atom. The second kappa shape index (κ2) is 6.43. The van der Waals surface area contributed by atoms with Gasteiger partial charge in [-0.1, -0.05) is 11.6 Å². The number of nitrogens with zero attached hydrogens (tertiary/aromatic N) is 1. The lowest BCUT2D eigenvalue weighted by atomic mass is 10.1. The lowest BCUT2D eigenvalue weighted by Crippen LogP contribution is -2.25. The van der Waals surface area contributed by atoms with E-state index in [1.807, 2.05) is 6.92 Å². The van der Waals surface area contributed by atoms with Crippen LogP contribution in [-0.4, -0.2) is 22.7 Å². The Morgan fingerprint density at radius 1 is 1.48 bits per heavy atom. The van der Waals surface area contributed by atoms with Gasteiger partial charge in [0.1, 0.15) is 5.75 Å². The van der Waals surface area contributed by atoms with Gasteiger partial charge in [0, 0.05) is 29.2 Å². The number of aromatic amines is 1. The van der Waals surface area contributed by atoms with Gasteiger partial charge in [0.05, 0.1) is 12.8 Å². The van der Waals surface area contributed by atoms with Crippen molar-refractivity contribution >= 4 is 23.8 Å². The highest BCUT2D eigenvalue weighted by atomic mass is 35.5. The number of methoxy groups -OCH3 is 1. The van der Waals surface area contributed by atoms with Crippen molar-refractivity contribution < 1.29 is 4.74 Å². The second-order valence-electron chi connectivity index (χ2n) is 4.76. The van der Waals surface area contributed by atoms with Gasteiger partial charge >= 0.3 is 0 Å². The van der Waals surface area contributed by atoms with Gasteiger partial charge in [-0.25, -0.2) is 0 Å². The Hall–Kier alpha value is -1.63. The molecule has 1 aromatic carbocycles. The lowest BCUT2D eigenvalue weighted by molar-refractivity contribution is 0.415. The second-order valence-corrected chi connectivity index (χ2v) is 5.58. The highest BCUT2D eigenvalue weighted by Crippen LogP contribution is 2.31. The highest BCUT2D eigenvalue weighted by Gasteiger charge is 2.13. The lowest BCUT2D eigenvalue weighted by Gasteiger charge is -2.17. The molecule has 0 amide bonds. The van der Waals surface area contributed by atoms with Crippen molar-refractivity contribution in [2.24, 2.45) is 5.73 Å². The molecular formula is C14H16ClN3O2S. The third-order valence-electron chi connectivity index (χ3n) is 2.94. The first-order valence-corrected chi connectivity index (χ1v) is 7.14. The Kier molecular flexibility index (Phi) is 4.82. The largest absolute Gasteiger partial charge is 0.496 e. The average molecular weight is 326 g/mol. The molecule has 2 aromatic rings. The molecule has 0 fully saturated rings. The molecule has 0 aliphatic carbocycles. The van der Waals surface area contributed by atoms with Crippen molar-refractivity contribution in [1.29, 1.82) is 0 Å². The highest BCUT2D eigenvalue weighted by molar-refractivity contribution is 7.71. The van der Waals surface area contributed by atoms with Crippen LogP contribution in [0.5, 0.6) is 5.75 Å². The molecule has 112 valence electrons. The van der Waals surface area contributed by atoms with Gasteiger partial charge < -0.3 is 15.0 Å². The molecule has 21 heavy (non-hydrogen) atoms. The smallest absolute Gasteiger partial charge is 0.252 e. The standard InChI is InChI=1S/C14H16ClN3O2S/c1-8(16)7-18-11(6-13(19)17-14(18)21)10-5-9(15)3-4-12(10)20-2/h3-6,8H,7,16H2,1-2H3,(H,17,19,21)/t8-/m0/s1. The van der Waals surface area contributed by atoms with E-state index in [1.54, 1.807) is 29.9 Å². The van der Waals surface area contributed by atoms with Gasteiger partial charge in [-0.2, -0.15) is 0 Å². The van der Waals surface area contributed by atoms with Crippen molar-refractivity contribution in [3.05, 3.63) is 44.4 Å². The monoisotopic (exact) mass is 325 g/mol. The van der Waals surface area contributed by atoms with E-state index >= 15 is 0 Å². The minimum Gasteiger partial charge on any atom is -0.496 e. The first kappa shape index (κ1) is 15.8. The van der Waals surface area contributed by atoms with Crippen LogP contribution in [0.1, 0.15) is 6.92 Å². The molecule has 0 bridgehead atoms. The number of benzene rings is 1. The summed E-state index contributed by atoms with van der Waals surface area (Å²) >= 11 is 11.3. The SMILES string of the molecule is COc1ccc(Cl)cc1-c1cc(=O)[nH]c(=S)n1C[C@H](C)N. The first-order chi connectivity index (χ1) is 9.92. The van der Waals surface area contributed by atoms with Crippen LogP contribution in [0.2, 0.25) is 5.02 Å². The maximum absolute atomic E-state index is 11.8. The number of nitrogens with one attached hydrogen (secondary N) is 1. The number of hydrogen-bond acceptors (Lipinski definition) is 4. The summed E-state index contributed by atoms with van der Waals surface area (Å²) in [6.07, 6.45) is 0. The Balaban J connectivity index is 2.76.